The van der Waals surface area contributed by atoms with Crippen molar-refractivity contribution in [2.24, 2.45) is 5.92 Å². The van der Waals surface area contributed by atoms with Crippen LogP contribution in [-0.2, 0) is 11.2 Å². The molecule has 0 aliphatic carbocycles. The molecule has 0 aliphatic heterocycles. The van der Waals surface area contributed by atoms with Gasteiger partial charge in [0.1, 0.15) is 0 Å². The molecule has 0 saturated carbocycles. The largest absolute Gasteiger partial charge is 0.481 e. The zero-order valence-corrected chi connectivity index (χ0v) is 9.16. The molecular weight excluding hydrogens is 247 g/mol. The van der Waals surface area contributed by atoms with Gasteiger partial charge in [0, 0.05) is 17.1 Å². The van der Waals surface area contributed by atoms with E-state index in [1.54, 1.807) is 24.3 Å². The molecule has 1 aromatic carbocycles. The molecule has 1 atom stereocenters. The Bertz CT molecular complexity index is 574. The van der Waals surface area contributed by atoms with Gasteiger partial charge in [-0.05, 0) is 18.1 Å². The lowest BCUT2D eigenvalue weighted by atomic mass is 9.98. The molecule has 3 nitrogen and oxygen atoms in total. The minimum atomic E-state index is -4.75. The summed E-state index contributed by atoms with van der Waals surface area (Å²) in [5.74, 6) is -4.23. The van der Waals surface area contributed by atoms with Crippen LogP contribution in [0.3, 0.4) is 0 Å². The molecule has 0 amide bonds. The maximum atomic E-state index is 12.6. The van der Waals surface area contributed by atoms with Crippen molar-refractivity contribution in [1.29, 1.82) is 0 Å². The van der Waals surface area contributed by atoms with E-state index >= 15 is 0 Å². The van der Waals surface area contributed by atoms with E-state index in [2.05, 4.69) is 4.98 Å². The van der Waals surface area contributed by atoms with E-state index in [0.717, 1.165) is 0 Å². The van der Waals surface area contributed by atoms with Gasteiger partial charge in [-0.25, -0.2) is 0 Å². The number of halogens is 3. The summed E-state index contributed by atoms with van der Waals surface area (Å²) in [6, 6.07) is 6.84. The van der Waals surface area contributed by atoms with E-state index in [1.165, 1.54) is 6.20 Å². The predicted octanol–water partition coefficient (Wildman–Crippen LogP) is 2.97. The third-order valence-electron chi connectivity index (χ3n) is 2.79. The van der Waals surface area contributed by atoms with Crippen molar-refractivity contribution in [3.63, 3.8) is 0 Å². The molecular formula is C12H10F3NO2. The number of aromatic nitrogens is 1. The number of rotatable bonds is 3. The van der Waals surface area contributed by atoms with Gasteiger partial charge in [-0.3, -0.25) is 4.79 Å². The van der Waals surface area contributed by atoms with Crippen LogP contribution in [0, 0.1) is 5.92 Å². The number of benzene rings is 1. The lowest BCUT2D eigenvalue weighted by Crippen LogP contribution is -2.32. The first-order chi connectivity index (χ1) is 8.39. The maximum Gasteiger partial charge on any atom is 0.402 e. The van der Waals surface area contributed by atoms with E-state index in [-0.39, 0.29) is 0 Å². The average Bonchev–Trinajstić information content (AvgIpc) is 2.67. The van der Waals surface area contributed by atoms with Crippen molar-refractivity contribution < 1.29 is 23.1 Å². The highest BCUT2D eigenvalue weighted by Crippen LogP contribution is 2.31. The van der Waals surface area contributed by atoms with E-state index in [1.807, 2.05) is 0 Å². The first-order valence-electron chi connectivity index (χ1n) is 5.24. The number of para-hydroxylation sites is 1. The standard InChI is InChI=1S/C12H10F3NO2/c13-12(14,15)9(11(17)18)5-7-6-16-10-4-2-1-3-8(7)10/h1-4,6,9,16H,5H2,(H,17,18). The number of hydrogen-bond donors (Lipinski definition) is 2. The van der Waals surface area contributed by atoms with E-state index in [0.29, 0.717) is 16.5 Å². The number of carboxylic acid groups (broad SMARTS) is 1. The van der Waals surface area contributed by atoms with Gasteiger partial charge in [0.2, 0.25) is 0 Å². The number of nitrogens with one attached hydrogen (secondary N) is 1. The molecule has 2 aromatic rings. The van der Waals surface area contributed by atoms with Crippen LogP contribution in [0.4, 0.5) is 13.2 Å². The fraction of sp³-hybridized carbons (Fsp3) is 0.250. The highest BCUT2D eigenvalue weighted by atomic mass is 19.4. The Labute approximate surface area is 100 Å². The SMILES string of the molecule is O=C(O)C(Cc1c[nH]c2ccccc12)C(F)(F)F. The number of aromatic amines is 1. The van der Waals surface area contributed by atoms with Crippen LogP contribution in [0.15, 0.2) is 30.5 Å². The summed E-state index contributed by atoms with van der Waals surface area (Å²) in [6.07, 6.45) is -3.89. The molecule has 0 fully saturated rings. The third-order valence-corrected chi connectivity index (χ3v) is 2.79. The topological polar surface area (TPSA) is 53.1 Å². The van der Waals surface area contributed by atoms with Crippen molar-refractivity contribution in [2.75, 3.05) is 0 Å². The number of fused-ring (bicyclic) bond motifs is 1. The Balaban J connectivity index is 2.35. The van der Waals surface area contributed by atoms with Crippen molar-refractivity contribution in [1.82, 2.24) is 4.98 Å². The number of carboxylic acids is 1. The average molecular weight is 257 g/mol. The molecule has 0 aliphatic rings. The molecule has 1 aromatic heterocycles. The van der Waals surface area contributed by atoms with Crippen LogP contribution >= 0.6 is 0 Å². The molecule has 1 unspecified atom stereocenters. The summed E-state index contributed by atoms with van der Waals surface area (Å²) in [7, 11) is 0. The fourth-order valence-corrected chi connectivity index (χ4v) is 1.86. The van der Waals surface area contributed by atoms with Crippen molar-refractivity contribution in [2.45, 2.75) is 12.6 Å². The Hall–Kier alpha value is -1.98. The van der Waals surface area contributed by atoms with Crippen LogP contribution < -0.4 is 0 Å². The second kappa shape index (κ2) is 4.36. The first kappa shape index (κ1) is 12.5. The van der Waals surface area contributed by atoms with Crippen LogP contribution in [0.2, 0.25) is 0 Å². The number of alkyl halides is 3. The summed E-state index contributed by atoms with van der Waals surface area (Å²) >= 11 is 0. The number of H-pyrrole nitrogens is 1. The molecule has 96 valence electrons. The molecule has 2 rings (SSSR count). The Kier molecular flexibility index (Phi) is 3.02. The smallest absolute Gasteiger partial charge is 0.402 e. The monoisotopic (exact) mass is 257 g/mol. The number of carbonyl (C=O) groups is 1. The third kappa shape index (κ3) is 2.32. The minimum absolute atomic E-state index is 0.357. The quantitative estimate of drug-likeness (QED) is 0.888. The zero-order chi connectivity index (χ0) is 13.3. The van der Waals surface area contributed by atoms with Crippen molar-refractivity contribution in [3.05, 3.63) is 36.0 Å². The minimum Gasteiger partial charge on any atom is -0.481 e. The van der Waals surface area contributed by atoms with Gasteiger partial charge in [-0.15, -0.1) is 0 Å². The summed E-state index contributed by atoms with van der Waals surface area (Å²) < 4.78 is 37.7. The second-order valence-corrected chi connectivity index (χ2v) is 4.00. The zero-order valence-electron chi connectivity index (χ0n) is 9.16. The van der Waals surface area contributed by atoms with Gasteiger partial charge < -0.3 is 10.1 Å². The summed E-state index contributed by atoms with van der Waals surface area (Å²) in [4.78, 5) is 13.5. The van der Waals surface area contributed by atoms with Gasteiger partial charge in [0.05, 0.1) is 0 Å². The second-order valence-electron chi connectivity index (χ2n) is 4.00. The highest BCUT2D eigenvalue weighted by molar-refractivity contribution is 5.84. The molecule has 0 bridgehead atoms. The summed E-state index contributed by atoms with van der Waals surface area (Å²) in [5.41, 5.74) is 1.05. The van der Waals surface area contributed by atoms with E-state index in [9.17, 15) is 18.0 Å². The Morgan fingerprint density at radius 1 is 1.33 bits per heavy atom. The first-order valence-corrected chi connectivity index (χ1v) is 5.24. The predicted molar refractivity (Wildman–Crippen MR) is 59.2 cm³/mol. The number of aliphatic carboxylic acids is 1. The van der Waals surface area contributed by atoms with Crippen LogP contribution in [0.5, 0.6) is 0 Å². The molecule has 18 heavy (non-hydrogen) atoms. The maximum absolute atomic E-state index is 12.6. The number of hydrogen-bond acceptors (Lipinski definition) is 1. The van der Waals surface area contributed by atoms with Gasteiger partial charge >= 0.3 is 12.1 Å². The Morgan fingerprint density at radius 2 is 2.00 bits per heavy atom. The highest BCUT2D eigenvalue weighted by Gasteiger charge is 2.45. The van der Waals surface area contributed by atoms with Gasteiger partial charge in [0.25, 0.3) is 0 Å². The van der Waals surface area contributed by atoms with Crippen molar-refractivity contribution >= 4 is 16.9 Å². The molecule has 0 radical (unpaired) electrons. The van der Waals surface area contributed by atoms with Gasteiger partial charge in [0.15, 0.2) is 5.92 Å². The van der Waals surface area contributed by atoms with E-state index < -0.39 is 24.5 Å². The molecule has 1 heterocycles. The Morgan fingerprint density at radius 3 is 2.61 bits per heavy atom. The van der Waals surface area contributed by atoms with Gasteiger partial charge in [-0.2, -0.15) is 13.2 Å². The summed E-state index contributed by atoms with van der Waals surface area (Å²) in [5, 5.41) is 9.27. The summed E-state index contributed by atoms with van der Waals surface area (Å²) in [6.45, 7) is 0. The lowest BCUT2D eigenvalue weighted by Gasteiger charge is -2.15. The molecule has 6 heteroatoms. The molecule has 0 spiro atoms. The van der Waals surface area contributed by atoms with Crippen molar-refractivity contribution in [3.8, 4) is 0 Å². The van der Waals surface area contributed by atoms with E-state index in [4.69, 9.17) is 5.11 Å². The fourth-order valence-electron chi connectivity index (χ4n) is 1.86. The van der Waals surface area contributed by atoms with Gasteiger partial charge in [-0.1, -0.05) is 18.2 Å². The van der Waals surface area contributed by atoms with Crippen LogP contribution in [0.25, 0.3) is 10.9 Å². The molecule has 2 N–H and O–H groups in total. The molecule has 0 saturated heterocycles. The van der Waals surface area contributed by atoms with Crippen LogP contribution in [-0.4, -0.2) is 22.2 Å². The lowest BCUT2D eigenvalue weighted by molar-refractivity contribution is -0.193. The van der Waals surface area contributed by atoms with Crippen LogP contribution in [0.1, 0.15) is 5.56 Å². The normalized spacial score (nSPS) is 13.7.